The molecule has 0 bridgehead atoms. The minimum Gasteiger partial charge on any atom is -0.480 e. The van der Waals surface area contributed by atoms with Gasteiger partial charge in [-0.15, -0.1) is 0 Å². The Bertz CT molecular complexity index is 902. The van der Waals surface area contributed by atoms with E-state index in [1.165, 1.54) is 5.69 Å². The molecule has 0 aliphatic carbocycles. The minimum absolute atomic E-state index is 0.0987. The first-order valence-corrected chi connectivity index (χ1v) is 11.5. The van der Waals surface area contributed by atoms with Crippen molar-refractivity contribution < 1.29 is 9.90 Å². The molecule has 2 aliphatic rings. The number of aliphatic carboxylic acids is 1. The Kier molecular flexibility index (Phi) is 7.07. The van der Waals surface area contributed by atoms with Gasteiger partial charge in [0.05, 0.1) is 0 Å². The number of nitrogen functional groups attached to an aromatic ring is 1. The van der Waals surface area contributed by atoms with E-state index in [-0.39, 0.29) is 5.84 Å². The summed E-state index contributed by atoms with van der Waals surface area (Å²) in [6.45, 7) is 5.66. The second-order valence-corrected chi connectivity index (χ2v) is 8.79. The molecule has 2 aliphatic heterocycles. The molecule has 32 heavy (non-hydrogen) atoms. The van der Waals surface area contributed by atoms with E-state index in [1.807, 2.05) is 54.6 Å². The molecule has 1 unspecified atom stereocenters. The maximum Gasteiger partial charge on any atom is 0.321 e. The van der Waals surface area contributed by atoms with Crippen molar-refractivity contribution in [2.24, 2.45) is 5.73 Å². The number of piperazine rings is 1. The van der Waals surface area contributed by atoms with Crippen LogP contribution in [0.25, 0.3) is 0 Å². The third kappa shape index (κ3) is 5.29. The normalized spacial score (nSPS) is 19.6. The van der Waals surface area contributed by atoms with Crippen LogP contribution in [0.15, 0.2) is 54.6 Å². The summed E-state index contributed by atoms with van der Waals surface area (Å²) in [4.78, 5) is 19.0. The number of piperidine rings is 1. The molecule has 4 N–H and O–H groups in total. The molecule has 0 amide bonds. The summed E-state index contributed by atoms with van der Waals surface area (Å²) in [5.74, 6) is -0.627. The van der Waals surface area contributed by atoms with Gasteiger partial charge in [0.1, 0.15) is 11.9 Å². The summed E-state index contributed by atoms with van der Waals surface area (Å²) < 4.78 is 0. The van der Waals surface area contributed by atoms with Crippen LogP contribution in [-0.2, 0) is 11.2 Å². The van der Waals surface area contributed by atoms with Crippen LogP contribution in [0.1, 0.15) is 24.0 Å². The highest BCUT2D eigenvalue weighted by atomic mass is 16.4. The number of rotatable bonds is 7. The fourth-order valence-corrected chi connectivity index (χ4v) is 4.97. The highest BCUT2D eigenvalue weighted by Crippen LogP contribution is 2.23. The van der Waals surface area contributed by atoms with Crippen LogP contribution in [0, 0.1) is 5.41 Å². The second-order valence-electron chi connectivity index (χ2n) is 8.79. The highest BCUT2D eigenvalue weighted by molar-refractivity contribution is 5.95. The molecule has 2 fully saturated rings. The number of carboxylic acids is 1. The first kappa shape index (κ1) is 22.3. The van der Waals surface area contributed by atoms with E-state index in [2.05, 4.69) is 14.7 Å². The fourth-order valence-electron chi connectivity index (χ4n) is 4.97. The van der Waals surface area contributed by atoms with E-state index in [0.717, 1.165) is 63.2 Å². The standard InChI is InChI=1S/C25H33N5O2/c26-24(27)20-6-8-21(9-7-20)28-14-16-29(17-15-28)22-10-12-30(13-11-22)23(25(31)32)18-19-4-2-1-3-5-19/h1-9,22-23H,10-18H2,(H3,26,27)(H,31,32). The van der Waals surface area contributed by atoms with E-state index in [9.17, 15) is 9.90 Å². The Hall–Kier alpha value is -2.90. The van der Waals surface area contributed by atoms with Crippen LogP contribution in [0.4, 0.5) is 5.69 Å². The SMILES string of the molecule is N=C(N)c1ccc(N2CCN(C3CCN(C(Cc4ccccc4)C(=O)O)CC3)CC2)cc1. The Morgan fingerprint density at radius 2 is 1.59 bits per heavy atom. The predicted molar refractivity (Wildman–Crippen MR) is 127 cm³/mol. The molecule has 0 aromatic heterocycles. The molecular weight excluding hydrogens is 402 g/mol. The molecule has 170 valence electrons. The Morgan fingerprint density at radius 3 is 2.16 bits per heavy atom. The van der Waals surface area contributed by atoms with Gasteiger partial charge in [-0.3, -0.25) is 20.0 Å². The van der Waals surface area contributed by atoms with Gasteiger partial charge in [-0.1, -0.05) is 30.3 Å². The number of anilines is 1. The van der Waals surface area contributed by atoms with E-state index < -0.39 is 12.0 Å². The zero-order chi connectivity index (χ0) is 22.5. The topological polar surface area (TPSA) is 96.9 Å². The number of hydrogen-bond acceptors (Lipinski definition) is 5. The molecule has 0 saturated carbocycles. The highest BCUT2D eigenvalue weighted by Gasteiger charge is 2.32. The van der Waals surface area contributed by atoms with Crippen LogP contribution in [0.2, 0.25) is 0 Å². The van der Waals surface area contributed by atoms with E-state index in [1.54, 1.807) is 0 Å². The lowest BCUT2D eigenvalue weighted by Gasteiger charge is -2.44. The summed E-state index contributed by atoms with van der Waals surface area (Å²) in [6, 6.07) is 17.9. The Morgan fingerprint density at radius 1 is 0.969 bits per heavy atom. The van der Waals surface area contributed by atoms with Gasteiger partial charge in [0, 0.05) is 56.6 Å². The zero-order valence-electron chi connectivity index (χ0n) is 18.5. The van der Waals surface area contributed by atoms with Crippen molar-refractivity contribution in [2.75, 3.05) is 44.2 Å². The molecule has 2 aromatic carbocycles. The second kappa shape index (κ2) is 10.1. The smallest absolute Gasteiger partial charge is 0.321 e. The lowest BCUT2D eigenvalue weighted by molar-refractivity contribution is -0.144. The predicted octanol–water partition coefficient (Wildman–Crippen LogP) is 2.25. The van der Waals surface area contributed by atoms with E-state index >= 15 is 0 Å². The average molecular weight is 436 g/mol. The first-order chi connectivity index (χ1) is 15.5. The zero-order valence-corrected chi connectivity index (χ0v) is 18.5. The summed E-state index contributed by atoms with van der Waals surface area (Å²) in [6.07, 6.45) is 2.60. The number of carbonyl (C=O) groups is 1. The number of benzene rings is 2. The first-order valence-electron chi connectivity index (χ1n) is 11.5. The Balaban J connectivity index is 1.27. The third-order valence-corrected chi connectivity index (χ3v) is 6.87. The van der Waals surface area contributed by atoms with Crippen molar-refractivity contribution in [2.45, 2.75) is 31.3 Å². The minimum atomic E-state index is -0.725. The maximum absolute atomic E-state index is 11.9. The van der Waals surface area contributed by atoms with Crippen LogP contribution in [-0.4, -0.2) is 78.1 Å². The van der Waals surface area contributed by atoms with Crippen LogP contribution in [0.3, 0.4) is 0 Å². The molecular formula is C25H33N5O2. The Labute approximate surface area is 189 Å². The fraction of sp³-hybridized carbons (Fsp3) is 0.440. The van der Waals surface area contributed by atoms with E-state index in [4.69, 9.17) is 11.1 Å². The molecule has 0 spiro atoms. The van der Waals surface area contributed by atoms with Crippen molar-refractivity contribution in [3.05, 3.63) is 65.7 Å². The number of carboxylic acid groups (broad SMARTS) is 1. The summed E-state index contributed by atoms with van der Waals surface area (Å²) >= 11 is 0. The van der Waals surface area contributed by atoms with Gasteiger partial charge >= 0.3 is 5.97 Å². The van der Waals surface area contributed by atoms with Crippen LogP contribution in [0.5, 0.6) is 0 Å². The number of amidine groups is 1. The van der Waals surface area contributed by atoms with Crippen molar-refractivity contribution >= 4 is 17.5 Å². The van der Waals surface area contributed by atoms with Gasteiger partial charge in [-0.2, -0.15) is 0 Å². The van der Waals surface area contributed by atoms with Gasteiger partial charge in [0.2, 0.25) is 0 Å². The summed E-state index contributed by atoms with van der Waals surface area (Å²) in [5.41, 5.74) is 8.56. The molecule has 7 nitrogen and oxygen atoms in total. The molecule has 2 aromatic rings. The van der Waals surface area contributed by atoms with Gasteiger partial charge in [-0.25, -0.2) is 0 Å². The van der Waals surface area contributed by atoms with Gasteiger partial charge in [0.25, 0.3) is 0 Å². The van der Waals surface area contributed by atoms with Gasteiger partial charge in [0.15, 0.2) is 0 Å². The van der Waals surface area contributed by atoms with Gasteiger partial charge < -0.3 is 15.7 Å². The number of nitrogens with zero attached hydrogens (tertiary/aromatic N) is 3. The monoisotopic (exact) mass is 435 g/mol. The molecule has 4 rings (SSSR count). The molecule has 0 radical (unpaired) electrons. The average Bonchev–Trinajstić information content (AvgIpc) is 2.83. The largest absolute Gasteiger partial charge is 0.480 e. The van der Waals surface area contributed by atoms with Crippen molar-refractivity contribution in [1.82, 2.24) is 9.80 Å². The van der Waals surface area contributed by atoms with Crippen LogP contribution >= 0.6 is 0 Å². The van der Waals surface area contributed by atoms with Crippen molar-refractivity contribution in [3.63, 3.8) is 0 Å². The maximum atomic E-state index is 11.9. The number of likely N-dealkylation sites (tertiary alicyclic amines) is 1. The molecule has 1 atom stereocenters. The quantitative estimate of drug-likeness (QED) is 0.456. The van der Waals surface area contributed by atoms with Crippen LogP contribution < -0.4 is 10.6 Å². The number of nitrogens with one attached hydrogen (secondary N) is 1. The van der Waals surface area contributed by atoms with Gasteiger partial charge in [-0.05, 0) is 49.1 Å². The lowest BCUT2D eigenvalue weighted by atomic mass is 9.98. The van der Waals surface area contributed by atoms with Crippen molar-refractivity contribution in [1.29, 1.82) is 5.41 Å². The number of nitrogens with two attached hydrogens (primary N) is 1. The van der Waals surface area contributed by atoms with Crippen molar-refractivity contribution in [3.8, 4) is 0 Å². The molecule has 2 heterocycles. The lowest BCUT2D eigenvalue weighted by Crippen LogP contribution is -2.55. The number of hydrogen-bond donors (Lipinski definition) is 3. The van der Waals surface area contributed by atoms with E-state index in [0.29, 0.717) is 12.5 Å². The summed E-state index contributed by atoms with van der Waals surface area (Å²) in [5, 5.41) is 17.3. The molecule has 2 saturated heterocycles. The molecule has 7 heteroatoms. The summed E-state index contributed by atoms with van der Waals surface area (Å²) in [7, 11) is 0. The third-order valence-electron chi connectivity index (χ3n) is 6.87.